The van der Waals surface area contributed by atoms with Gasteiger partial charge in [0.25, 0.3) is 5.88 Å². The number of methoxy groups -OCH3 is 2. The molecule has 1 heterocycles. The van der Waals surface area contributed by atoms with E-state index in [-0.39, 0.29) is 18.2 Å². The molecule has 0 saturated carbocycles. The molecule has 0 spiro atoms. The molecular formula is C8H11FN2O2. The van der Waals surface area contributed by atoms with E-state index in [0.717, 1.165) is 0 Å². The lowest BCUT2D eigenvalue weighted by Gasteiger charge is -2.05. The molecule has 1 aromatic rings. The third kappa shape index (κ3) is 2.12. The Morgan fingerprint density at radius 3 is 2.54 bits per heavy atom. The van der Waals surface area contributed by atoms with E-state index in [0.29, 0.717) is 5.82 Å². The molecular weight excluding hydrogens is 175 g/mol. The van der Waals surface area contributed by atoms with Crippen LogP contribution in [0.1, 0.15) is 11.5 Å². The Morgan fingerprint density at radius 2 is 2.00 bits per heavy atom. The van der Waals surface area contributed by atoms with Crippen molar-refractivity contribution in [2.45, 2.75) is 13.5 Å². The van der Waals surface area contributed by atoms with E-state index >= 15 is 0 Å². The first-order valence-electron chi connectivity index (χ1n) is 3.75. The van der Waals surface area contributed by atoms with Crippen LogP contribution >= 0.6 is 0 Å². The lowest BCUT2D eigenvalue weighted by molar-refractivity contribution is 0.176. The minimum absolute atomic E-state index is 0.0421. The minimum atomic E-state index is -0.560. The molecule has 0 fully saturated rings. The largest absolute Gasteiger partial charge is 0.479 e. The summed E-state index contributed by atoms with van der Waals surface area (Å²) < 4.78 is 22.8. The van der Waals surface area contributed by atoms with Gasteiger partial charge in [0, 0.05) is 7.11 Å². The maximum atomic E-state index is 13.3. The number of hydrogen-bond acceptors (Lipinski definition) is 4. The van der Waals surface area contributed by atoms with E-state index in [1.165, 1.54) is 14.2 Å². The van der Waals surface area contributed by atoms with Crippen LogP contribution in [0.3, 0.4) is 0 Å². The molecule has 0 radical (unpaired) electrons. The zero-order valence-corrected chi connectivity index (χ0v) is 7.80. The Bertz CT molecular complexity index is 304. The van der Waals surface area contributed by atoms with Crippen LogP contribution < -0.4 is 4.74 Å². The van der Waals surface area contributed by atoms with Crippen molar-refractivity contribution in [3.05, 3.63) is 17.3 Å². The predicted molar refractivity (Wildman–Crippen MR) is 44.0 cm³/mol. The molecule has 72 valence electrons. The van der Waals surface area contributed by atoms with Gasteiger partial charge in [0.05, 0.1) is 13.7 Å². The van der Waals surface area contributed by atoms with Crippen LogP contribution in [0, 0.1) is 12.7 Å². The predicted octanol–water partition coefficient (Wildman–Crippen LogP) is 1.08. The summed E-state index contributed by atoms with van der Waals surface area (Å²) in [6.07, 6.45) is 0. The standard InChI is InChI=1S/C8H11FN2O2/c1-5-10-6(4-12-2)7(9)8(11-5)13-3/h4H2,1-3H3. The summed E-state index contributed by atoms with van der Waals surface area (Å²) in [5.74, 6) is -0.139. The van der Waals surface area contributed by atoms with Crippen LogP contribution in [-0.4, -0.2) is 24.2 Å². The summed E-state index contributed by atoms with van der Waals surface area (Å²) in [5, 5.41) is 0. The van der Waals surface area contributed by atoms with Crippen molar-refractivity contribution in [2.24, 2.45) is 0 Å². The molecule has 13 heavy (non-hydrogen) atoms. The fraction of sp³-hybridized carbons (Fsp3) is 0.500. The molecule has 0 saturated heterocycles. The number of aromatic nitrogens is 2. The molecule has 0 aliphatic heterocycles. The molecule has 0 aliphatic rings. The topological polar surface area (TPSA) is 44.2 Å². The van der Waals surface area contributed by atoms with Crippen molar-refractivity contribution < 1.29 is 13.9 Å². The normalized spacial score (nSPS) is 10.2. The monoisotopic (exact) mass is 186 g/mol. The molecule has 1 aromatic heterocycles. The van der Waals surface area contributed by atoms with Crippen molar-refractivity contribution in [1.82, 2.24) is 9.97 Å². The van der Waals surface area contributed by atoms with Gasteiger partial charge in [0.15, 0.2) is 0 Å². The van der Waals surface area contributed by atoms with E-state index in [1.807, 2.05) is 0 Å². The maximum absolute atomic E-state index is 13.3. The quantitative estimate of drug-likeness (QED) is 0.708. The van der Waals surface area contributed by atoms with Gasteiger partial charge in [-0.2, -0.15) is 9.37 Å². The lowest BCUT2D eigenvalue weighted by atomic mass is 10.4. The fourth-order valence-electron chi connectivity index (χ4n) is 0.956. The smallest absolute Gasteiger partial charge is 0.253 e. The van der Waals surface area contributed by atoms with Gasteiger partial charge in [-0.25, -0.2) is 4.98 Å². The van der Waals surface area contributed by atoms with Crippen LogP contribution in [-0.2, 0) is 11.3 Å². The molecule has 0 aliphatic carbocycles. The van der Waals surface area contributed by atoms with E-state index in [1.54, 1.807) is 6.92 Å². The highest BCUT2D eigenvalue weighted by Crippen LogP contribution is 2.16. The first-order chi connectivity index (χ1) is 6.19. The summed E-state index contributed by atoms with van der Waals surface area (Å²) in [6, 6.07) is 0. The second kappa shape index (κ2) is 4.13. The van der Waals surface area contributed by atoms with Crippen molar-refractivity contribution in [1.29, 1.82) is 0 Å². The van der Waals surface area contributed by atoms with Crippen LogP contribution in [0.4, 0.5) is 4.39 Å². The molecule has 0 amide bonds. The molecule has 4 nitrogen and oxygen atoms in total. The third-order valence-electron chi connectivity index (χ3n) is 1.48. The van der Waals surface area contributed by atoms with Gasteiger partial charge in [0.1, 0.15) is 11.5 Å². The highest BCUT2D eigenvalue weighted by molar-refractivity contribution is 5.18. The summed E-state index contributed by atoms with van der Waals surface area (Å²) >= 11 is 0. The molecule has 0 N–H and O–H groups in total. The third-order valence-corrected chi connectivity index (χ3v) is 1.48. The Kier molecular flexibility index (Phi) is 3.13. The second-order valence-corrected chi connectivity index (χ2v) is 2.47. The molecule has 1 rings (SSSR count). The first kappa shape index (κ1) is 9.85. The van der Waals surface area contributed by atoms with Gasteiger partial charge in [-0.1, -0.05) is 0 Å². The fourth-order valence-corrected chi connectivity index (χ4v) is 0.956. The summed E-state index contributed by atoms with van der Waals surface area (Å²) in [5.41, 5.74) is 0.215. The maximum Gasteiger partial charge on any atom is 0.253 e. The van der Waals surface area contributed by atoms with Crippen molar-refractivity contribution in [2.75, 3.05) is 14.2 Å². The highest BCUT2D eigenvalue weighted by Gasteiger charge is 2.12. The minimum Gasteiger partial charge on any atom is -0.479 e. The van der Waals surface area contributed by atoms with Gasteiger partial charge < -0.3 is 9.47 Å². The lowest BCUT2D eigenvalue weighted by Crippen LogP contribution is -2.04. The number of aryl methyl sites for hydroxylation is 1. The Hall–Kier alpha value is -1.23. The van der Waals surface area contributed by atoms with Crippen LogP contribution in [0.25, 0.3) is 0 Å². The summed E-state index contributed by atoms with van der Waals surface area (Å²) in [7, 11) is 2.84. The Morgan fingerprint density at radius 1 is 1.31 bits per heavy atom. The zero-order valence-electron chi connectivity index (χ0n) is 7.80. The van der Waals surface area contributed by atoms with E-state index in [4.69, 9.17) is 9.47 Å². The van der Waals surface area contributed by atoms with Gasteiger partial charge in [0.2, 0.25) is 5.82 Å². The molecule has 5 heteroatoms. The molecule has 0 unspecified atom stereocenters. The van der Waals surface area contributed by atoms with E-state index in [2.05, 4.69) is 9.97 Å². The van der Waals surface area contributed by atoms with Gasteiger partial charge in [-0.05, 0) is 6.92 Å². The summed E-state index contributed by atoms with van der Waals surface area (Å²) in [4.78, 5) is 7.65. The van der Waals surface area contributed by atoms with Gasteiger partial charge in [-0.15, -0.1) is 0 Å². The van der Waals surface area contributed by atoms with Gasteiger partial charge in [-0.3, -0.25) is 0 Å². The van der Waals surface area contributed by atoms with Crippen molar-refractivity contribution in [3.8, 4) is 5.88 Å². The zero-order chi connectivity index (χ0) is 9.84. The van der Waals surface area contributed by atoms with Crippen LogP contribution in [0.5, 0.6) is 5.88 Å². The van der Waals surface area contributed by atoms with Gasteiger partial charge >= 0.3 is 0 Å². The number of ether oxygens (including phenoxy) is 2. The second-order valence-electron chi connectivity index (χ2n) is 2.47. The van der Waals surface area contributed by atoms with Crippen molar-refractivity contribution >= 4 is 0 Å². The Labute approximate surface area is 75.7 Å². The SMILES string of the molecule is COCc1nc(C)nc(OC)c1F. The number of rotatable bonds is 3. The average molecular weight is 186 g/mol. The molecule has 0 bridgehead atoms. The highest BCUT2D eigenvalue weighted by atomic mass is 19.1. The molecule has 0 atom stereocenters. The van der Waals surface area contributed by atoms with Crippen LogP contribution in [0.2, 0.25) is 0 Å². The Balaban J connectivity index is 3.11. The number of hydrogen-bond donors (Lipinski definition) is 0. The van der Waals surface area contributed by atoms with E-state index in [9.17, 15) is 4.39 Å². The van der Waals surface area contributed by atoms with Crippen LogP contribution in [0.15, 0.2) is 0 Å². The number of nitrogens with zero attached hydrogens (tertiary/aromatic N) is 2. The summed E-state index contributed by atoms with van der Waals surface area (Å²) in [6.45, 7) is 1.78. The van der Waals surface area contributed by atoms with E-state index < -0.39 is 5.82 Å². The average Bonchev–Trinajstić information content (AvgIpc) is 2.11. The first-order valence-corrected chi connectivity index (χ1v) is 3.75. The van der Waals surface area contributed by atoms with Crippen molar-refractivity contribution in [3.63, 3.8) is 0 Å². The molecule has 0 aromatic carbocycles. The number of halogens is 1.